The number of phosphoric acid groups is 1. The van der Waals surface area contributed by atoms with Crippen molar-refractivity contribution in [3.63, 3.8) is 0 Å². The molecule has 10 aromatic carbocycles. The number of hydrogen-bond donors (Lipinski definition) is 1. The van der Waals surface area contributed by atoms with Gasteiger partial charge in [-0.2, -0.15) is 0 Å². The molecule has 0 saturated carbocycles. The van der Waals surface area contributed by atoms with Crippen LogP contribution < -0.4 is 50.5 Å². The third-order valence-electron chi connectivity index (χ3n) is 12.7. The fraction of sp³-hybridized carbons (Fsp3) is 0. The zero-order valence-electron chi connectivity index (χ0n) is 34.2. The maximum atomic E-state index is 15.4. The number of fused-ring (bicyclic) bond motifs is 7. The first-order chi connectivity index (χ1) is 31.0. The molecule has 4 nitrogen and oxygen atoms in total. The largest absolute Gasteiger partial charge is 0.584 e. The van der Waals surface area contributed by atoms with E-state index in [9.17, 15) is 4.89 Å². The van der Waals surface area contributed by atoms with Crippen LogP contribution in [0.15, 0.2) is 243 Å². The van der Waals surface area contributed by atoms with Crippen molar-refractivity contribution in [2.24, 2.45) is 0 Å². The topological polar surface area (TPSA) is 55.8 Å². The maximum Gasteiger partial charge on any atom is 0.584 e. The molecule has 0 radical (unpaired) electrons. The smallest absolute Gasteiger partial charge is 0.395 e. The summed E-state index contributed by atoms with van der Waals surface area (Å²) in [6.45, 7) is 0. The van der Waals surface area contributed by atoms with Gasteiger partial charge in [-0.3, -0.25) is 4.89 Å². The zero-order chi connectivity index (χ0) is 42.4. The van der Waals surface area contributed by atoms with E-state index in [2.05, 4.69) is 194 Å². The summed E-state index contributed by atoms with van der Waals surface area (Å²) in [7, 11) is -11.7. The highest BCUT2D eigenvalue weighted by atomic mass is 31.2. The molecule has 10 aromatic rings. The van der Waals surface area contributed by atoms with Crippen molar-refractivity contribution < 1.29 is 18.5 Å². The maximum absolute atomic E-state index is 15.4. The Bertz CT molecular complexity index is 2900. The molecular weight excluding hydrogens is 824 g/mol. The molecule has 1 N–H and O–H groups in total. The molecule has 11 rings (SSSR count). The van der Waals surface area contributed by atoms with Gasteiger partial charge in [0.25, 0.3) is 0 Å². The van der Waals surface area contributed by atoms with Crippen LogP contribution in [0.2, 0.25) is 0 Å². The predicted octanol–water partition coefficient (Wildman–Crippen LogP) is 8.29. The second kappa shape index (κ2) is 15.7. The van der Waals surface area contributed by atoms with Crippen molar-refractivity contribution >= 4 is 87.0 Å². The molecule has 1 heterocycles. The van der Waals surface area contributed by atoms with Gasteiger partial charge in [0.15, 0.2) is 16.1 Å². The van der Waals surface area contributed by atoms with Crippen LogP contribution in [0.25, 0.3) is 32.7 Å². The lowest BCUT2D eigenvalue weighted by Gasteiger charge is -2.36. The third-order valence-corrected chi connectivity index (χ3v) is 23.1. The van der Waals surface area contributed by atoms with Crippen LogP contribution in [0, 0.1) is 0 Å². The number of benzene rings is 10. The van der Waals surface area contributed by atoms with Gasteiger partial charge in [0.2, 0.25) is 0 Å². The van der Waals surface area contributed by atoms with Gasteiger partial charge < -0.3 is 9.05 Å². The van der Waals surface area contributed by atoms with E-state index in [-0.39, 0.29) is 0 Å². The summed E-state index contributed by atoms with van der Waals surface area (Å²) in [5.74, 6) is 0.713. The molecule has 7 heteroatoms. The van der Waals surface area contributed by atoms with E-state index in [1.165, 1.54) is 0 Å². The molecule has 0 unspecified atom stereocenters. The summed E-state index contributed by atoms with van der Waals surface area (Å²) < 4.78 is 29.0. The molecule has 302 valence electrons. The van der Waals surface area contributed by atoms with E-state index in [0.717, 1.165) is 74.2 Å². The van der Waals surface area contributed by atoms with E-state index in [1.54, 1.807) is 0 Å². The Balaban J connectivity index is 1.38. The van der Waals surface area contributed by atoms with Gasteiger partial charge in [-0.15, -0.1) is 0 Å². The van der Waals surface area contributed by atoms with Crippen LogP contribution in [0.3, 0.4) is 0 Å². The molecule has 0 atom stereocenters. The fourth-order valence-corrected chi connectivity index (χ4v) is 21.1. The van der Waals surface area contributed by atoms with Gasteiger partial charge in [0.05, 0.1) is 0 Å². The number of rotatable bonds is 8. The lowest BCUT2D eigenvalue weighted by atomic mass is 9.92. The van der Waals surface area contributed by atoms with Crippen molar-refractivity contribution in [3.8, 4) is 22.6 Å². The number of phosphoric ester groups is 1. The average Bonchev–Trinajstić information content (AvgIpc) is 3.47. The quantitative estimate of drug-likeness (QED) is 0.0950. The highest BCUT2D eigenvalue weighted by molar-refractivity contribution is 7.48. The number of hydrogen-bond acceptors (Lipinski definition) is 3. The van der Waals surface area contributed by atoms with Gasteiger partial charge in [0, 0.05) is 11.1 Å². The van der Waals surface area contributed by atoms with E-state index in [4.69, 9.17) is 9.05 Å². The second-order valence-corrected chi connectivity index (χ2v) is 24.9. The normalized spacial score (nSPS) is 13.3. The molecule has 63 heavy (non-hydrogen) atoms. The van der Waals surface area contributed by atoms with E-state index < -0.39 is 24.0 Å². The minimum Gasteiger partial charge on any atom is -0.395 e. The Morgan fingerprint density at radius 1 is 0.333 bits per heavy atom. The van der Waals surface area contributed by atoms with Crippen LogP contribution in [0.1, 0.15) is 0 Å². The minimum atomic E-state index is -4.95. The SMILES string of the molecule is O=P1(O)Oc2c([Si](c3ccccc3)(c3ccccc3)c3ccccc3)cc3ccccc3c2-c2c(c([Si](c3ccccc3)(c3ccccc3)c3ccccc3)cc3ccccc23)O1. The molecule has 0 fully saturated rings. The Morgan fingerprint density at radius 2 is 0.571 bits per heavy atom. The molecule has 1 aliphatic rings. The molecule has 0 aromatic heterocycles. The van der Waals surface area contributed by atoms with Crippen molar-refractivity contribution in [3.05, 3.63) is 243 Å². The highest BCUT2D eigenvalue weighted by Crippen LogP contribution is 2.56. The Kier molecular flexibility index (Phi) is 9.67. The monoisotopic (exact) mass is 864 g/mol. The van der Waals surface area contributed by atoms with E-state index >= 15 is 4.57 Å². The first-order valence-electron chi connectivity index (χ1n) is 21.2. The first-order valence-corrected chi connectivity index (χ1v) is 26.7. The Labute approximate surface area is 369 Å². The molecule has 0 spiro atoms. The van der Waals surface area contributed by atoms with Gasteiger partial charge in [-0.05, 0) is 63.0 Å². The van der Waals surface area contributed by atoms with Crippen LogP contribution in [0.4, 0.5) is 0 Å². The average molecular weight is 865 g/mol. The molecular formula is C56H41O4PSi2. The summed E-state index contributed by atoms with van der Waals surface area (Å²) in [6.07, 6.45) is 0. The van der Waals surface area contributed by atoms with Crippen molar-refractivity contribution in [1.82, 2.24) is 0 Å². The summed E-state index contributed by atoms with van der Waals surface area (Å²) in [4.78, 5) is 12.5. The van der Waals surface area contributed by atoms with Crippen LogP contribution in [0.5, 0.6) is 11.5 Å². The lowest BCUT2D eigenvalue weighted by molar-refractivity contribution is 0.296. The summed E-state index contributed by atoms with van der Waals surface area (Å²) >= 11 is 0. The zero-order valence-corrected chi connectivity index (χ0v) is 37.1. The van der Waals surface area contributed by atoms with E-state index in [0.29, 0.717) is 11.5 Å². The molecule has 0 amide bonds. The summed E-state index contributed by atoms with van der Waals surface area (Å²) in [6, 6.07) is 84.7. The van der Waals surface area contributed by atoms with Crippen LogP contribution in [-0.2, 0) is 4.57 Å². The molecule has 0 saturated heterocycles. The summed E-state index contributed by atoms with van der Waals surface area (Å²) in [5.41, 5.74) is 1.47. The highest BCUT2D eigenvalue weighted by Gasteiger charge is 2.50. The molecule has 0 aliphatic carbocycles. The lowest BCUT2D eigenvalue weighted by Crippen LogP contribution is -2.75. The molecule has 1 aliphatic heterocycles. The van der Waals surface area contributed by atoms with Gasteiger partial charge in [0.1, 0.15) is 11.5 Å². The van der Waals surface area contributed by atoms with Gasteiger partial charge >= 0.3 is 7.82 Å². The Hall–Kier alpha value is -7.06. The van der Waals surface area contributed by atoms with Crippen LogP contribution >= 0.6 is 7.82 Å². The van der Waals surface area contributed by atoms with Gasteiger partial charge in [-0.1, -0.05) is 243 Å². The fourth-order valence-electron chi connectivity index (χ4n) is 10.2. The van der Waals surface area contributed by atoms with Crippen LogP contribution in [-0.4, -0.2) is 21.0 Å². The minimum absolute atomic E-state index is 0.357. The van der Waals surface area contributed by atoms with Gasteiger partial charge in [-0.25, -0.2) is 4.57 Å². The Morgan fingerprint density at radius 3 is 0.841 bits per heavy atom. The summed E-state index contributed by atoms with van der Waals surface area (Å²) in [5, 5.41) is 12.2. The predicted molar refractivity (Wildman–Crippen MR) is 265 cm³/mol. The van der Waals surface area contributed by atoms with Crippen molar-refractivity contribution in [2.45, 2.75) is 0 Å². The first kappa shape index (κ1) is 38.8. The van der Waals surface area contributed by atoms with E-state index in [1.807, 2.05) is 48.5 Å². The molecule has 0 bridgehead atoms. The third kappa shape index (κ3) is 6.25. The van der Waals surface area contributed by atoms with Crippen molar-refractivity contribution in [1.29, 1.82) is 0 Å². The van der Waals surface area contributed by atoms with Crippen molar-refractivity contribution in [2.75, 3.05) is 0 Å². The second-order valence-electron chi connectivity index (χ2n) is 16.0. The standard InChI is InChI=1S/C56H41O4PSi2/c57-61(58)59-55-51(62(43-25-7-1-8-26-43,44-27-9-2-10-28-44)45-29-11-3-12-30-45)39-41-23-19-21-37-49(41)53(55)54-50-38-22-20-24-42(50)40-52(56(54)60-61)63(46-31-13-4-14-32-46,47-33-15-5-16-34-47)48-35-17-6-18-36-48/h1-40H,(H,57,58).